The fourth-order valence-electron chi connectivity index (χ4n) is 1.37. The van der Waals surface area contributed by atoms with Crippen molar-refractivity contribution in [2.45, 2.75) is 13.1 Å². The van der Waals surface area contributed by atoms with Gasteiger partial charge in [-0.15, -0.1) is 5.10 Å². The van der Waals surface area contributed by atoms with Crippen LogP contribution in [0.4, 0.5) is 0 Å². The van der Waals surface area contributed by atoms with Crippen LogP contribution in [-0.4, -0.2) is 24.8 Å². The smallest absolute Gasteiger partial charge is 0.0964 e. The van der Waals surface area contributed by atoms with E-state index in [9.17, 15) is 0 Å². The van der Waals surface area contributed by atoms with Crippen LogP contribution in [0.15, 0.2) is 18.6 Å². The fraction of sp³-hybridized carbons (Fsp3) is 0.444. The summed E-state index contributed by atoms with van der Waals surface area (Å²) >= 11 is 0. The Balaban J connectivity index is 1.80. The Morgan fingerprint density at radius 1 is 1.20 bits per heavy atom. The standard InChI is InChI=1S/C9H14N6/c1-14-6-8(4-11-14)3-10-5-9-7-15(2)13-12-9/h4,6-7,10H,3,5H2,1-2H3. The van der Waals surface area contributed by atoms with E-state index >= 15 is 0 Å². The van der Waals surface area contributed by atoms with Crippen LogP contribution in [0, 0.1) is 0 Å². The molecule has 80 valence electrons. The van der Waals surface area contributed by atoms with Crippen molar-refractivity contribution < 1.29 is 0 Å². The summed E-state index contributed by atoms with van der Waals surface area (Å²) in [5.41, 5.74) is 2.11. The van der Waals surface area contributed by atoms with Gasteiger partial charge >= 0.3 is 0 Å². The van der Waals surface area contributed by atoms with Gasteiger partial charge in [-0.05, 0) is 0 Å². The van der Waals surface area contributed by atoms with Crippen molar-refractivity contribution >= 4 is 0 Å². The first-order valence-corrected chi connectivity index (χ1v) is 4.77. The van der Waals surface area contributed by atoms with E-state index in [2.05, 4.69) is 20.7 Å². The molecule has 1 N–H and O–H groups in total. The molecule has 6 nitrogen and oxygen atoms in total. The lowest BCUT2D eigenvalue weighted by molar-refractivity contribution is 0.673. The predicted molar refractivity (Wildman–Crippen MR) is 54.8 cm³/mol. The highest BCUT2D eigenvalue weighted by Gasteiger charge is 1.99. The second-order valence-electron chi connectivity index (χ2n) is 3.51. The summed E-state index contributed by atoms with van der Waals surface area (Å²) in [4.78, 5) is 0. The van der Waals surface area contributed by atoms with Crippen molar-refractivity contribution in [1.82, 2.24) is 30.1 Å². The van der Waals surface area contributed by atoms with Crippen LogP contribution in [0.25, 0.3) is 0 Å². The molecule has 6 heteroatoms. The summed E-state index contributed by atoms with van der Waals surface area (Å²) in [6.45, 7) is 1.52. The molecule has 0 spiro atoms. The molecule has 0 bridgehead atoms. The number of hydrogen-bond donors (Lipinski definition) is 1. The van der Waals surface area contributed by atoms with Gasteiger partial charge in [0.25, 0.3) is 0 Å². The third kappa shape index (κ3) is 2.63. The maximum atomic E-state index is 4.09. The number of nitrogens with zero attached hydrogens (tertiary/aromatic N) is 5. The first-order chi connectivity index (χ1) is 7.24. The molecule has 0 aliphatic carbocycles. The molecule has 0 unspecified atom stereocenters. The van der Waals surface area contributed by atoms with Gasteiger partial charge in [0.05, 0.1) is 11.9 Å². The van der Waals surface area contributed by atoms with Gasteiger partial charge in [-0.2, -0.15) is 5.10 Å². The zero-order valence-electron chi connectivity index (χ0n) is 8.88. The number of rotatable bonds is 4. The van der Waals surface area contributed by atoms with E-state index < -0.39 is 0 Å². The Bertz CT molecular complexity index is 389. The van der Waals surface area contributed by atoms with E-state index in [4.69, 9.17) is 0 Å². The number of aromatic nitrogens is 5. The summed E-state index contributed by atoms with van der Waals surface area (Å²) in [7, 11) is 3.77. The van der Waals surface area contributed by atoms with Crippen molar-refractivity contribution in [2.75, 3.05) is 0 Å². The lowest BCUT2D eigenvalue weighted by Gasteiger charge is -1.98. The summed E-state index contributed by atoms with van der Waals surface area (Å²) in [5.74, 6) is 0. The first-order valence-electron chi connectivity index (χ1n) is 4.77. The van der Waals surface area contributed by atoms with Crippen LogP contribution in [0.5, 0.6) is 0 Å². The monoisotopic (exact) mass is 206 g/mol. The van der Waals surface area contributed by atoms with Crippen LogP contribution in [0.3, 0.4) is 0 Å². The average molecular weight is 206 g/mol. The molecular formula is C9H14N6. The summed E-state index contributed by atoms with van der Waals surface area (Å²) in [6, 6.07) is 0. The van der Waals surface area contributed by atoms with Crippen LogP contribution in [0.2, 0.25) is 0 Å². The summed E-state index contributed by atoms with van der Waals surface area (Å²) < 4.78 is 3.49. The minimum atomic E-state index is 0.725. The Kier molecular flexibility index (Phi) is 2.77. The van der Waals surface area contributed by atoms with Crippen LogP contribution < -0.4 is 5.32 Å². The summed E-state index contributed by atoms with van der Waals surface area (Å²) in [5, 5.41) is 15.2. The molecule has 0 saturated heterocycles. The highest BCUT2D eigenvalue weighted by molar-refractivity contribution is 5.03. The largest absolute Gasteiger partial charge is 0.307 e. The van der Waals surface area contributed by atoms with Gasteiger partial charge in [0.15, 0.2) is 0 Å². The Morgan fingerprint density at radius 2 is 2.07 bits per heavy atom. The van der Waals surface area contributed by atoms with Gasteiger partial charge in [-0.3, -0.25) is 9.36 Å². The molecule has 2 heterocycles. The van der Waals surface area contributed by atoms with Crippen molar-refractivity contribution in [2.24, 2.45) is 14.1 Å². The van der Waals surface area contributed by atoms with Crippen molar-refractivity contribution in [3.63, 3.8) is 0 Å². The lowest BCUT2D eigenvalue weighted by Crippen LogP contribution is -2.12. The minimum absolute atomic E-state index is 0.725. The molecule has 15 heavy (non-hydrogen) atoms. The molecule has 2 aromatic heterocycles. The molecule has 0 amide bonds. The van der Waals surface area contributed by atoms with Crippen molar-refractivity contribution in [3.05, 3.63) is 29.8 Å². The SMILES string of the molecule is Cn1cc(CNCc2cn(C)nn2)cn1. The van der Waals surface area contributed by atoms with Crippen LogP contribution in [0.1, 0.15) is 11.3 Å². The average Bonchev–Trinajstić information content (AvgIpc) is 2.76. The van der Waals surface area contributed by atoms with Crippen LogP contribution >= 0.6 is 0 Å². The third-order valence-electron chi connectivity index (χ3n) is 2.04. The first kappa shape index (κ1) is 9.85. The maximum Gasteiger partial charge on any atom is 0.0964 e. The molecule has 0 aliphatic heterocycles. The molecule has 2 rings (SSSR count). The fourth-order valence-corrected chi connectivity index (χ4v) is 1.37. The van der Waals surface area contributed by atoms with Crippen molar-refractivity contribution in [3.8, 4) is 0 Å². The van der Waals surface area contributed by atoms with E-state index in [-0.39, 0.29) is 0 Å². The Morgan fingerprint density at radius 3 is 2.67 bits per heavy atom. The maximum absolute atomic E-state index is 4.09. The summed E-state index contributed by atoms with van der Waals surface area (Å²) in [6.07, 6.45) is 5.74. The molecule has 0 atom stereocenters. The highest BCUT2D eigenvalue weighted by Crippen LogP contribution is 1.96. The van der Waals surface area contributed by atoms with Gasteiger partial charge in [0.2, 0.25) is 0 Å². The molecule has 0 fully saturated rings. The van der Waals surface area contributed by atoms with Gasteiger partial charge in [0.1, 0.15) is 0 Å². The topological polar surface area (TPSA) is 60.6 Å². The highest BCUT2D eigenvalue weighted by atomic mass is 15.4. The zero-order valence-corrected chi connectivity index (χ0v) is 8.88. The van der Waals surface area contributed by atoms with E-state index in [1.165, 1.54) is 5.56 Å². The number of hydrogen-bond acceptors (Lipinski definition) is 4. The molecule has 0 aliphatic rings. The Labute approximate surface area is 87.9 Å². The van der Waals surface area contributed by atoms with Gasteiger partial charge < -0.3 is 5.32 Å². The van der Waals surface area contributed by atoms with Crippen molar-refractivity contribution in [1.29, 1.82) is 0 Å². The molecular weight excluding hydrogens is 192 g/mol. The van der Waals surface area contributed by atoms with E-state index in [1.54, 1.807) is 9.36 Å². The predicted octanol–water partition coefficient (Wildman–Crippen LogP) is -0.162. The van der Waals surface area contributed by atoms with E-state index in [0.29, 0.717) is 0 Å². The molecule has 0 aromatic carbocycles. The second-order valence-corrected chi connectivity index (χ2v) is 3.51. The zero-order chi connectivity index (χ0) is 10.7. The third-order valence-corrected chi connectivity index (χ3v) is 2.04. The van der Waals surface area contributed by atoms with Gasteiger partial charge in [0, 0.05) is 45.1 Å². The lowest BCUT2D eigenvalue weighted by atomic mass is 10.3. The number of nitrogens with one attached hydrogen (secondary N) is 1. The number of aryl methyl sites for hydroxylation is 2. The van der Waals surface area contributed by atoms with Gasteiger partial charge in [-0.25, -0.2) is 0 Å². The van der Waals surface area contributed by atoms with Crippen LogP contribution in [-0.2, 0) is 27.2 Å². The van der Waals surface area contributed by atoms with Gasteiger partial charge in [-0.1, -0.05) is 5.21 Å². The normalized spacial score (nSPS) is 10.8. The van der Waals surface area contributed by atoms with E-state index in [0.717, 1.165) is 18.8 Å². The molecule has 0 radical (unpaired) electrons. The molecule has 2 aromatic rings. The molecule has 0 saturated carbocycles. The second kappa shape index (κ2) is 4.22. The van der Waals surface area contributed by atoms with E-state index in [1.807, 2.05) is 32.7 Å². The quantitative estimate of drug-likeness (QED) is 0.755. The Hall–Kier alpha value is -1.69. The minimum Gasteiger partial charge on any atom is -0.307 e.